The summed E-state index contributed by atoms with van der Waals surface area (Å²) in [4.78, 5) is 12.2. The standard InChI is InChI=1S/C15H18Cl2N2O.ClH/c16-10-4-9(5-11(17)6-10)13-7-14(13)15(20)19-12-2-1-3-18-8-12;/h4-6,12-14,18H,1-3,7-8H2,(H,19,20);1H/t12-,13?,14?;/m0./s1. The normalized spacial score (nSPS) is 27.6. The lowest BCUT2D eigenvalue weighted by Crippen LogP contribution is -2.46. The van der Waals surface area contributed by atoms with E-state index in [2.05, 4.69) is 10.6 Å². The van der Waals surface area contributed by atoms with Crippen LogP contribution < -0.4 is 10.6 Å². The molecule has 2 aliphatic rings. The van der Waals surface area contributed by atoms with E-state index in [1.54, 1.807) is 6.07 Å². The Kier molecular flexibility index (Phi) is 5.78. The van der Waals surface area contributed by atoms with Gasteiger partial charge in [0.25, 0.3) is 0 Å². The third-order valence-corrected chi connectivity index (χ3v) is 4.52. The summed E-state index contributed by atoms with van der Waals surface area (Å²) >= 11 is 12.0. The van der Waals surface area contributed by atoms with E-state index in [-0.39, 0.29) is 36.2 Å². The molecule has 116 valence electrons. The maximum atomic E-state index is 12.2. The Morgan fingerprint density at radius 3 is 2.57 bits per heavy atom. The maximum Gasteiger partial charge on any atom is 0.224 e. The third kappa shape index (κ3) is 4.26. The lowest BCUT2D eigenvalue weighted by molar-refractivity contribution is -0.123. The molecule has 21 heavy (non-hydrogen) atoms. The van der Waals surface area contributed by atoms with Crippen molar-refractivity contribution < 1.29 is 4.79 Å². The molecule has 1 aromatic carbocycles. The molecule has 1 aliphatic carbocycles. The monoisotopic (exact) mass is 348 g/mol. The van der Waals surface area contributed by atoms with E-state index in [1.807, 2.05) is 12.1 Å². The van der Waals surface area contributed by atoms with Crippen molar-refractivity contribution in [2.24, 2.45) is 5.92 Å². The van der Waals surface area contributed by atoms with Gasteiger partial charge in [-0.05, 0) is 55.5 Å². The van der Waals surface area contributed by atoms with Crippen LogP contribution in [0.15, 0.2) is 18.2 Å². The number of hydrogen-bond acceptors (Lipinski definition) is 2. The highest BCUT2D eigenvalue weighted by Crippen LogP contribution is 2.48. The van der Waals surface area contributed by atoms with Gasteiger partial charge in [0.05, 0.1) is 0 Å². The number of nitrogens with one attached hydrogen (secondary N) is 2. The molecule has 2 unspecified atom stereocenters. The molecule has 1 aromatic rings. The molecule has 1 amide bonds. The van der Waals surface area contributed by atoms with Gasteiger partial charge in [-0.3, -0.25) is 4.79 Å². The minimum atomic E-state index is 0. The molecule has 1 saturated carbocycles. The van der Waals surface area contributed by atoms with E-state index < -0.39 is 0 Å². The van der Waals surface area contributed by atoms with Crippen LogP contribution in [0.3, 0.4) is 0 Å². The Morgan fingerprint density at radius 2 is 1.95 bits per heavy atom. The van der Waals surface area contributed by atoms with Gasteiger partial charge in [0.15, 0.2) is 0 Å². The van der Waals surface area contributed by atoms with E-state index in [9.17, 15) is 4.79 Å². The van der Waals surface area contributed by atoms with Crippen molar-refractivity contribution in [1.29, 1.82) is 0 Å². The first-order valence-corrected chi connectivity index (χ1v) is 7.86. The van der Waals surface area contributed by atoms with Crippen LogP contribution in [0.2, 0.25) is 10.0 Å². The van der Waals surface area contributed by atoms with Crippen LogP contribution in [0.25, 0.3) is 0 Å². The highest BCUT2D eigenvalue weighted by Gasteiger charge is 2.44. The summed E-state index contributed by atoms with van der Waals surface area (Å²) in [5, 5.41) is 7.72. The Hall–Kier alpha value is -0.480. The zero-order valence-corrected chi connectivity index (χ0v) is 13.9. The Bertz CT molecular complexity index is 497. The topological polar surface area (TPSA) is 41.1 Å². The third-order valence-electron chi connectivity index (χ3n) is 4.08. The van der Waals surface area contributed by atoms with E-state index in [1.165, 1.54) is 0 Å². The highest BCUT2D eigenvalue weighted by molar-refractivity contribution is 6.34. The molecule has 1 heterocycles. The number of piperidine rings is 1. The Balaban J connectivity index is 0.00000161. The van der Waals surface area contributed by atoms with E-state index >= 15 is 0 Å². The van der Waals surface area contributed by atoms with Crippen LogP contribution in [0.4, 0.5) is 0 Å². The SMILES string of the molecule is Cl.O=C(N[C@H]1CCCNC1)C1CC1c1cc(Cl)cc(Cl)c1. The van der Waals surface area contributed by atoms with Gasteiger partial charge in [-0.15, -0.1) is 12.4 Å². The van der Waals surface area contributed by atoms with Crippen molar-refractivity contribution in [3.05, 3.63) is 33.8 Å². The van der Waals surface area contributed by atoms with Crippen LogP contribution in [0, 0.1) is 5.92 Å². The first kappa shape index (κ1) is 16.9. The molecular weight excluding hydrogens is 331 g/mol. The zero-order valence-electron chi connectivity index (χ0n) is 11.6. The average molecular weight is 350 g/mol. The molecule has 6 heteroatoms. The van der Waals surface area contributed by atoms with Crippen molar-refractivity contribution in [1.82, 2.24) is 10.6 Å². The highest BCUT2D eigenvalue weighted by atomic mass is 35.5. The quantitative estimate of drug-likeness (QED) is 0.878. The van der Waals surface area contributed by atoms with Crippen LogP contribution >= 0.6 is 35.6 Å². The van der Waals surface area contributed by atoms with E-state index in [4.69, 9.17) is 23.2 Å². The zero-order chi connectivity index (χ0) is 14.1. The van der Waals surface area contributed by atoms with Gasteiger partial charge < -0.3 is 10.6 Å². The molecular formula is C15H19Cl3N2O. The summed E-state index contributed by atoms with van der Waals surface area (Å²) in [5.74, 6) is 0.508. The molecule has 3 rings (SSSR count). The number of carbonyl (C=O) groups is 1. The van der Waals surface area contributed by atoms with Gasteiger partial charge in [-0.1, -0.05) is 23.2 Å². The van der Waals surface area contributed by atoms with E-state index in [0.717, 1.165) is 37.9 Å². The fraction of sp³-hybridized carbons (Fsp3) is 0.533. The number of halogens is 3. The van der Waals surface area contributed by atoms with Crippen LogP contribution in [0.5, 0.6) is 0 Å². The van der Waals surface area contributed by atoms with Gasteiger partial charge in [0.1, 0.15) is 0 Å². The first-order chi connectivity index (χ1) is 9.63. The number of amides is 1. The minimum absolute atomic E-state index is 0. The Morgan fingerprint density at radius 1 is 1.24 bits per heavy atom. The second-order valence-electron chi connectivity index (χ2n) is 5.70. The lowest BCUT2D eigenvalue weighted by atomic mass is 10.1. The predicted molar refractivity (Wildman–Crippen MR) is 88.6 cm³/mol. The predicted octanol–water partition coefficient (Wildman–Crippen LogP) is 3.39. The molecule has 0 aromatic heterocycles. The van der Waals surface area contributed by atoms with Crippen molar-refractivity contribution >= 4 is 41.5 Å². The van der Waals surface area contributed by atoms with Crippen molar-refractivity contribution in [3.63, 3.8) is 0 Å². The number of carbonyl (C=O) groups excluding carboxylic acids is 1. The summed E-state index contributed by atoms with van der Waals surface area (Å²) in [6, 6.07) is 5.82. The molecule has 0 spiro atoms. The van der Waals surface area contributed by atoms with Crippen molar-refractivity contribution in [2.75, 3.05) is 13.1 Å². The van der Waals surface area contributed by atoms with Gasteiger partial charge in [0.2, 0.25) is 5.91 Å². The first-order valence-electron chi connectivity index (χ1n) is 7.10. The molecule has 2 fully saturated rings. The largest absolute Gasteiger partial charge is 0.352 e. The number of rotatable bonds is 3. The van der Waals surface area contributed by atoms with Crippen molar-refractivity contribution in [2.45, 2.75) is 31.2 Å². The number of hydrogen-bond donors (Lipinski definition) is 2. The summed E-state index contributed by atoms with van der Waals surface area (Å²) in [6.07, 6.45) is 3.09. The molecule has 3 atom stereocenters. The molecule has 3 nitrogen and oxygen atoms in total. The minimum Gasteiger partial charge on any atom is -0.352 e. The molecule has 1 saturated heterocycles. The van der Waals surface area contributed by atoms with Crippen molar-refractivity contribution in [3.8, 4) is 0 Å². The summed E-state index contributed by atoms with van der Waals surface area (Å²) < 4.78 is 0. The van der Waals surface area contributed by atoms with Gasteiger partial charge in [0, 0.05) is 28.5 Å². The van der Waals surface area contributed by atoms with Gasteiger partial charge in [-0.25, -0.2) is 0 Å². The summed E-state index contributed by atoms with van der Waals surface area (Å²) in [5.41, 5.74) is 1.07. The van der Waals surface area contributed by atoms with Gasteiger partial charge >= 0.3 is 0 Å². The fourth-order valence-electron chi connectivity index (χ4n) is 2.93. The lowest BCUT2D eigenvalue weighted by Gasteiger charge is -2.23. The van der Waals surface area contributed by atoms with Crippen LogP contribution in [0.1, 0.15) is 30.7 Å². The second kappa shape index (κ2) is 7.19. The van der Waals surface area contributed by atoms with E-state index in [0.29, 0.717) is 10.0 Å². The van der Waals surface area contributed by atoms with Crippen LogP contribution in [-0.4, -0.2) is 25.0 Å². The van der Waals surface area contributed by atoms with Gasteiger partial charge in [-0.2, -0.15) is 0 Å². The Labute approximate surface area is 141 Å². The fourth-order valence-corrected chi connectivity index (χ4v) is 3.47. The second-order valence-corrected chi connectivity index (χ2v) is 6.58. The summed E-state index contributed by atoms with van der Waals surface area (Å²) in [6.45, 7) is 1.94. The molecule has 0 radical (unpaired) electrons. The molecule has 0 bridgehead atoms. The molecule has 1 aliphatic heterocycles. The maximum absolute atomic E-state index is 12.2. The summed E-state index contributed by atoms with van der Waals surface area (Å²) in [7, 11) is 0. The van der Waals surface area contributed by atoms with Crippen LogP contribution in [-0.2, 0) is 4.79 Å². The average Bonchev–Trinajstić information content (AvgIpc) is 3.19. The smallest absolute Gasteiger partial charge is 0.224 e. The number of benzene rings is 1. The molecule has 2 N–H and O–H groups in total.